The molecule has 0 heterocycles. The highest BCUT2D eigenvalue weighted by molar-refractivity contribution is 5.85. The highest BCUT2D eigenvalue weighted by Gasteiger charge is 2.25. The summed E-state index contributed by atoms with van der Waals surface area (Å²) in [6.07, 6.45) is 1.59. The minimum Gasteiger partial charge on any atom is -0.478 e. The molecule has 5 nitrogen and oxygen atoms in total. The van der Waals surface area contributed by atoms with Crippen LogP contribution in [0, 0.1) is 5.41 Å². The van der Waals surface area contributed by atoms with Gasteiger partial charge in [-0.05, 0) is 20.8 Å². The monoisotopic (exact) mass is 228 g/mol. The fourth-order valence-corrected chi connectivity index (χ4v) is 1.12. The Bertz CT molecular complexity index is 296. The van der Waals surface area contributed by atoms with Crippen LogP contribution in [0.1, 0.15) is 20.8 Å². The summed E-state index contributed by atoms with van der Waals surface area (Å²) >= 11 is 0. The van der Waals surface area contributed by atoms with Crippen LogP contribution >= 0.6 is 0 Å². The third-order valence-electron chi connectivity index (χ3n) is 2.30. The van der Waals surface area contributed by atoms with Gasteiger partial charge in [0.2, 0.25) is 5.91 Å². The van der Waals surface area contributed by atoms with E-state index in [0.29, 0.717) is 18.7 Å². The molecule has 5 heteroatoms. The van der Waals surface area contributed by atoms with E-state index in [0.717, 1.165) is 0 Å². The Kier molecular flexibility index (Phi) is 5.74. The van der Waals surface area contributed by atoms with Gasteiger partial charge in [-0.25, -0.2) is 4.79 Å². The van der Waals surface area contributed by atoms with Crippen molar-refractivity contribution in [3.8, 4) is 0 Å². The summed E-state index contributed by atoms with van der Waals surface area (Å²) in [6.45, 7) is 6.13. The Labute approximate surface area is 95.9 Å². The smallest absolute Gasteiger partial charge is 0.330 e. The summed E-state index contributed by atoms with van der Waals surface area (Å²) < 4.78 is 0. The summed E-state index contributed by atoms with van der Waals surface area (Å²) in [5.41, 5.74) is -0.204. The molecule has 0 aromatic rings. The van der Waals surface area contributed by atoms with Crippen molar-refractivity contribution in [2.75, 3.05) is 20.1 Å². The average Bonchev–Trinajstić information content (AvgIpc) is 2.22. The van der Waals surface area contributed by atoms with Crippen molar-refractivity contribution < 1.29 is 14.7 Å². The molecule has 0 radical (unpaired) electrons. The van der Waals surface area contributed by atoms with Crippen LogP contribution < -0.4 is 10.6 Å². The molecule has 0 aliphatic carbocycles. The van der Waals surface area contributed by atoms with Crippen LogP contribution in [0.2, 0.25) is 0 Å². The van der Waals surface area contributed by atoms with Crippen molar-refractivity contribution in [1.29, 1.82) is 0 Å². The van der Waals surface area contributed by atoms with Gasteiger partial charge in [0.1, 0.15) is 0 Å². The zero-order valence-corrected chi connectivity index (χ0v) is 10.3. The van der Waals surface area contributed by atoms with Crippen LogP contribution in [-0.4, -0.2) is 37.1 Å². The van der Waals surface area contributed by atoms with Gasteiger partial charge in [-0.15, -0.1) is 0 Å². The Morgan fingerprint density at radius 1 is 1.38 bits per heavy atom. The number of carboxylic acid groups (broad SMARTS) is 1. The minimum absolute atomic E-state index is 0.0427. The van der Waals surface area contributed by atoms with Gasteiger partial charge >= 0.3 is 5.97 Å². The van der Waals surface area contributed by atoms with E-state index in [4.69, 9.17) is 5.11 Å². The first-order valence-corrected chi connectivity index (χ1v) is 5.14. The van der Waals surface area contributed by atoms with Gasteiger partial charge in [-0.3, -0.25) is 4.79 Å². The van der Waals surface area contributed by atoms with E-state index in [-0.39, 0.29) is 5.91 Å². The minimum atomic E-state index is -0.924. The SMILES string of the molecule is CNC(=O)C(C)(C)CNC/C=C(/C)C(=O)O. The van der Waals surface area contributed by atoms with E-state index in [1.165, 1.54) is 6.92 Å². The Hall–Kier alpha value is -1.36. The number of carbonyl (C=O) groups is 2. The molecule has 0 aromatic carbocycles. The molecular weight excluding hydrogens is 208 g/mol. The number of carboxylic acids is 1. The molecule has 0 spiro atoms. The number of rotatable bonds is 6. The second-order valence-corrected chi connectivity index (χ2v) is 4.29. The number of aliphatic carboxylic acids is 1. The largest absolute Gasteiger partial charge is 0.478 e. The van der Waals surface area contributed by atoms with E-state index in [1.807, 2.05) is 13.8 Å². The Morgan fingerprint density at radius 3 is 2.38 bits per heavy atom. The summed E-state index contributed by atoms with van der Waals surface area (Å²) in [4.78, 5) is 21.9. The van der Waals surface area contributed by atoms with Crippen molar-refractivity contribution in [2.45, 2.75) is 20.8 Å². The van der Waals surface area contributed by atoms with Gasteiger partial charge in [0.15, 0.2) is 0 Å². The van der Waals surface area contributed by atoms with E-state index < -0.39 is 11.4 Å². The van der Waals surface area contributed by atoms with E-state index in [1.54, 1.807) is 13.1 Å². The Morgan fingerprint density at radius 2 is 1.94 bits per heavy atom. The number of hydrogen-bond donors (Lipinski definition) is 3. The molecule has 3 N–H and O–H groups in total. The van der Waals surface area contributed by atoms with E-state index >= 15 is 0 Å². The predicted molar refractivity (Wildman–Crippen MR) is 62.1 cm³/mol. The van der Waals surface area contributed by atoms with Gasteiger partial charge in [-0.1, -0.05) is 6.08 Å². The standard InChI is InChI=1S/C11H20N2O3/c1-8(9(14)15)5-6-13-7-11(2,3)10(16)12-4/h5,13H,6-7H2,1-4H3,(H,12,16)(H,14,15)/b8-5-. The summed E-state index contributed by atoms with van der Waals surface area (Å²) in [7, 11) is 1.60. The van der Waals surface area contributed by atoms with E-state index in [2.05, 4.69) is 10.6 Å². The van der Waals surface area contributed by atoms with Gasteiger partial charge in [-0.2, -0.15) is 0 Å². The molecule has 0 atom stereocenters. The predicted octanol–water partition coefficient (Wildman–Crippen LogP) is 0.379. The maximum Gasteiger partial charge on any atom is 0.330 e. The fourth-order valence-electron chi connectivity index (χ4n) is 1.12. The molecule has 0 saturated carbocycles. The first-order valence-electron chi connectivity index (χ1n) is 5.14. The van der Waals surface area contributed by atoms with Crippen molar-refractivity contribution in [1.82, 2.24) is 10.6 Å². The molecule has 1 amide bonds. The number of amides is 1. The lowest BCUT2D eigenvalue weighted by atomic mass is 9.92. The summed E-state index contributed by atoms with van der Waals surface area (Å²) in [5, 5.41) is 14.2. The van der Waals surface area contributed by atoms with Gasteiger partial charge < -0.3 is 15.7 Å². The highest BCUT2D eigenvalue weighted by Crippen LogP contribution is 2.12. The maximum absolute atomic E-state index is 11.4. The van der Waals surface area contributed by atoms with Gasteiger partial charge in [0.25, 0.3) is 0 Å². The summed E-state index contributed by atoms with van der Waals surface area (Å²) in [6, 6.07) is 0. The molecule has 0 unspecified atom stereocenters. The molecule has 92 valence electrons. The maximum atomic E-state index is 11.4. The van der Waals surface area contributed by atoms with E-state index in [9.17, 15) is 9.59 Å². The topological polar surface area (TPSA) is 78.4 Å². The van der Waals surface area contributed by atoms with Crippen LogP contribution in [0.5, 0.6) is 0 Å². The van der Waals surface area contributed by atoms with Crippen molar-refractivity contribution in [3.63, 3.8) is 0 Å². The normalized spacial score (nSPS) is 12.4. The second kappa shape index (κ2) is 6.27. The lowest BCUT2D eigenvalue weighted by Crippen LogP contribution is -2.42. The first-order chi connectivity index (χ1) is 7.31. The summed E-state index contributed by atoms with van der Waals surface area (Å²) in [5.74, 6) is -0.966. The Balaban J connectivity index is 4.04. The third kappa shape index (κ3) is 4.93. The molecule has 0 saturated heterocycles. The van der Waals surface area contributed by atoms with Crippen LogP contribution in [0.3, 0.4) is 0 Å². The van der Waals surface area contributed by atoms with Crippen LogP contribution in [-0.2, 0) is 9.59 Å². The zero-order chi connectivity index (χ0) is 12.8. The molecule has 0 bridgehead atoms. The van der Waals surface area contributed by atoms with Crippen LogP contribution in [0.25, 0.3) is 0 Å². The number of hydrogen-bond acceptors (Lipinski definition) is 3. The quantitative estimate of drug-likeness (QED) is 0.453. The molecular formula is C11H20N2O3. The average molecular weight is 228 g/mol. The third-order valence-corrected chi connectivity index (χ3v) is 2.30. The number of carbonyl (C=O) groups excluding carboxylic acids is 1. The van der Waals surface area contributed by atoms with Gasteiger partial charge in [0, 0.05) is 25.7 Å². The van der Waals surface area contributed by atoms with Crippen LogP contribution in [0.4, 0.5) is 0 Å². The molecule has 16 heavy (non-hydrogen) atoms. The zero-order valence-electron chi connectivity index (χ0n) is 10.3. The fraction of sp³-hybridized carbons (Fsp3) is 0.636. The highest BCUT2D eigenvalue weighted by atomic mass is 16.4. The first kappa shape index (κ1) is 14.6. The second-order valence-electron chi connectivity index (χ2n) is 4.29. The van der Waals surface area contributed by atoms with Crippen LogP contribution in [0.15, 0.2) is 11.6 Å². The number of nitrogens with one attached hydrogen (secondary N) is 2. The van der Waals surface area contributed by atoms with Crippen molar-refractivity contribution >= 4 is 11.9 Å². The molecule has 0 aliphatic rings. The molecule has 0 aromatic heterocycles. The molecule has 0 rings (SSSR count). The molecule has 0 aliphatic heterocycles. The van der Waals surface area contributed by atoms with Crippen molar-refractivity contribution in [2.24, 2.45) is 5.41 Å². The lowest BCUT2D eigenvalue weighted by molar-refractivity contribution is -0.132. The van der Waals surface area contributed by atoms with Gasteiger partial charge in [0.05, 0.1) is 5.41 Å². The molecule has 0 fully saturated rings. The lowest BCUT2D eigenvalue weighted by Gasteiger charge is -2.22. The van der Waals surface area contributed by atoms with Crippen molar-refractivity contribution in [3.05, 3.63) is 11.6 Å².